The number of hydrogen-bond donors (Lipinski definition) is 1. The summed E-state index contributed by atoms with van der Waals surface area (Å²) < 4.78 is 10.8. The van der Waals surface area contributed by atoms with Crippen molar-refractivity contribution in [2.24, 2.45) is 0 Å². The molecule has 7 heteroatoms. The third kappa shape index (κ3) is 4.58. The van der Waals surface area contributed by atoms with E-state index < -0.39 is 0 Å². The van der Waals surface area contributed by atoms with Gasteiger partial charge in [0.05, 0.1) is 6.54 Å². The van der Waals surface area contributed by atoms with Crippen LogP contribution in [0.2, 0.25) is 5.02 Å². The Morgan fingerprint density at radius 2 is 1.79 bits per heavy atom. The molecule has 1 N–H and O–H groups in total. The van der Waals surface area contributed by atoms with Crippen molar-refractivity contribution in [3.05, 3.63) is 52.5 Å². The SMILES string of the molecule is Cc1cc(Cl)ccc1NC(=O)CN1CCN(Cc2ccc3c(c2)OCO3)CC1. The van der Waals surface area contributed by atoms with Crippen LogP contribution in [0.15, 0.2) is 36.4 Å². The van der Waals surface area contributed by atoms with Gasteiger partial charge < -0.3 is 14.8 Å². The topological polar surface area (TPSA) is 54.0 Å². The highest BCUT2D eigenvalue weighted by atomic mass is 35.5. The van der Waals surface area contributed by atoms with Crippen LogP contribution in [0.5, 0.6) is 11.5 Å². The summed E-state index contributed by atoms with van der Waals surface area (Å²) in [5.74, 6) is 1.65. The van der Waals surface area contributed by atoms with Gasteiger partial charge in [-0.25, -0.2) is 0 Å². The quantitative estimate of drug-likeness (QED) is 0.834. The molecule has 6 nitrogen and oxygen atoms in total. The van der Waals surface area contributed by atoms with E-state index in [1.807, 2.05) is 25.1 Å². The number of carbonyl (C=O) groups excluding carboxylic acids is 1. The van der Waals surface area contributed by atoms with Gasteiger partial charge in [-0.05, 0) is 48.4 Å². The Morgan fingerprint density at radius 3 is 2.57 bits per heavy atom. The molecule has 0 aromatic heterocycles. The summed E-state index contributed by atoms with van der Waals surface area (Å²) in [5.41, 5.74) is 3.00. The first-order valence-electron chi connectivity index (χ1n) is 9.46. The van der Waals surface area contributed by atoms with Gasteiger partial charge in [-0.1, -0.05) is 17.7 Å². The number of rotatable bonds is 5. The fourth-order valence-electron chi connectivity index (χ4n) is 3.56. The number of halogens is 1. The maximum atomic E-state index is 12.4. The molecular formula is C21H24ClN3O3. The number of anilines is 1. The maximum Gasteiger partial charge on any atom is 0.238 e. The Labute approximate surface area is 170 Å². The second-order valence-corrected chi connectivity index (χ2v) is 7.68. The van der Waals surface area contributed by atoms with E-state index in [1.165, 1.54) is 5.56 Å². The van der Waals surface area contributed by atoms with Gasteiger partial charge in [0.15, 0.2) is 11.5 Å². The van der Waals surface area contributed by atoms with Crippen LogP contribution in [0, 0.1) is 6.92 Å². The van der Waals surface area contributed by atoms with Crippen LogP contribution in [-0.4, -0.2) is 55.2 Å². The van der Waals surface area contributed by atoms with Crippen molar-refractivity contribution in [3.8, 4) is 11.5 Å². The molecule has 4 rings (SSSR count). The molecule has 2 aromatic carbocycles. The van der Waals surface area contributed by atoms with Crippen molar-refractivity contribution in [1.82, 2.24) is 9.80 Å². The van der Waals surface area contributed by atoms with Crippen LogP contribution in [0.1, 0.15) is 11.1 Å². The van der Waals surface area contributed by atoms with Gasteiger partial charge in [-0.2, -0.15) is 0 Å². The summed E-state index contributed by atoms with van der Waals surface area (Å²) in [6.07, 6.45) is 0. The van der Waals surface area contributed by atoms with E-state index in [0.29, 0.717) is 18.4 Å². The van der Waals surface area contributed by atoms with Crippen LogP contribution >= 0.6 is 11.6 Å². The van der Waals surface area contributed by atoms with Gasteiger partial charge >= 0.3 is 0 Å². The van der Waals surface area contributed by atoms with Gasteiger partial charge in [0.2, 0.25) is 12.7 Å². The normalized spacial score (nSPS) is 16.9. The van der Waals surface area contributed by atoms with Crippen LogP contribution in [0.4, 0.5) is 5.69 Å². The first-order valence-corrected chi connectivity index (χ1v) is 9.84. The third-order valence-corrected chi connectivity index (χ3v) is 5.37. The summed E-state index contributed by atoms with van der Waals surface area (Å²) in [5, 5.41) is 3.66. The van der Waals surface area contributed by atoms with Crippen molar-refractivity contribution in [2.75, 3.05) is 44.8 Å². The van der Waals surface area contributed by atoms with Crippen LogP contribution in [0.25, 0.3) is 0 Å². The number of carbonyl (C=O) groups is 1. The molecular weight excluding hydrogens is 378 g/mol. The molecule has 0 aliphatic carbocycles. The minimum atomic E-state index is 0.00893. The number of hydrogen-bond acceptors (Lipinski definition) is 5. The van der Waals surface area contributed by atoms with E-state index in [-0.39, 0.29) is 5.91 Å². The molecule has 148 valence electrons. The summed E-state index contributed by atoms with van der Waals surface area (Å²) >= 11 is 5.97. The van der Waals surface area contributed by atoms with Gasteiger partial charge in [0.25, 0.3) is 0 Å². The van der Waals surface area contributed by atoms with Gasteiger partial charge in [-0.3, -0.25) is 14.6 Å². The van der Waals surface area contributed by atoms with Gasteiger partial charge in [0, 0.05) is 43.4 Å². The Morgan fingerprint density at radius 1 is 1.04 bits per heavy atom. The second-order valence-electron chi connectivity index (χ2n) is 7.25. The number of ether oxygens (including phenoxy) is 2. The van der Waals surface area contributed by atoms with Crippen LogP contribution in [-0.2, 0) is 11.3 Å². The number of nitrogens with one attached hydrogen (secondary N) is 1. The zero-order valence-corrected chi connectivity index (χ0v) is 16.7. The average Bonchev–Trinajstić information content (AvgIpc) is 3.13. The monoisotopic (exact) mass is 401 g/mol. The largest absolute Gasteiger partial charge is 0.454 e. The number of nitrogens with zero attached hydrogens (tertiary/aromatic N) is 2. The zero-order chi connectivity index (χ0) is 19.5. The van der Waals surface area contributed by atoms with Crippen molar-refractivity contribution in [2.45, 2.75) is 13.5 Å². The predicted octanol–water partition coefficient (Wildman–Crippen LogP) is 3.13. The number of aryl methyl sites for hydroxylation is 1. The number of amides is 1. The smallest absolute Gasteiger partial charge is 0.238 e. The minimum Gasteiger partial charge on any atom is -0.454 e. The molecule has 1 amide bonds. The van der Waals surface area contributed by atoms with Gasteiger partial charge in [-0.15, -0.1) is 0 Å². The van der Waals surface area contributed by atoms with Crippen molar-refractivity contribution >= 4 is 23.2 Å². The van der Waals surface area contributed by atoms with E-state index in [9.17, 15) is 4.79 Å². The fourth-order valence-corrected chi connectivity index (χ4v) is 3.79. The van der Waals surface area contributed by atoms with Gasteiger partial charge in [0.1, 0.15) is 0 Å². The lowest BCUT2D eigenvalue weighted by molar-refractivity contribution is -0.117. The highest BCUT2D eigenvalue weighted by Crippen LogP contribution is 2.32. The summed E-state index contributed by atoms with van der Waals surface area (Å²) in [7, 11) is 0. The van der Waals surface area contributed by atoms with E-state index in [0.717, 1.165) is 55.5 Å². The number of benzene rings is 2. The highest BCUT2D eigenvalue weighted by molar-refractivity contribution is 6.30. The Balaban J connectivity index is 1.24. The lowest BCUT2D eigenvalue weighted by atomic mass is 10.1. The lowest BCUT2D eigenvalue weighted by Crippen LogP contribution is -2.48. The van der Waals surface area contributed by atoms with E-state index in [1.54, 1.807) is 6.07 Å². The zero-order valence-electron chi connectivity index (χ0n) is 15.9. The first kappa shape index (κ1) is 19.1. The lowest BCUT2D eigenvalue weighted by Gasteiger charge is -2.34. The van der Waals surface area contributed by atoms with E-state index in [2.05, 4.69) is 27.2 Å². The highest BCUT2D eigenvalue weighted by Gasteiger charge is 2.20. The molecule has 1 saturated heterocycles. The molecule has 2 aliphatic rings. The minimum absolute atomic E-state index is 0.00893. The Kier molecular flexibility index (Phi) is 5.71. The molecule has 0 spiro atoms. The number of piperazine rings is 1. The molecule has 0 radical (unpaired) electrons. The second kappa shape index (κ2) is 8.39. The molecule has 0 saturated carbocycles. The third-order valence-electron chi connectivity index (χ3n) is 5.14. The fraction of sp³-hybridized carbons (Fsp3) is 0.381. The van der Waals surface area contributed by atoms with Crippen LogP contribution in [0.3, 0.4) is 0 Å². The summed E-state index contributed by atoms with van der Waals surface area (Å²) in [6.45, 7) is 7.13. The standard InChI is InChI=1S/C21H24ClN3O3/c1-15-10-17(22)3-4-18(15)23-21(26)13-25-8-6-24(7-9-25)12-16-2-5-19-20(11-16)28-14-27-19/h2-5,10-11H,6-9,12-14H2,1H3,(H,23,26). The average molecular weight is 402 g/mol. The Hall–Kier alpha value is -2.28. The molecule has 2 aliphatic heterocycles. The molecule has 28 heavy (non-hydrogen) atoms. The van der Waals surface area contributed by atoms with E-state index >= 15 is 0 Å². The summed E-state index contributed by atoms with van der Waals surface area (Å²) in [4.78, 5) is 17.0. The molecule has 1 fully saturated rings. The molecule has 2 heterocycles. The Bertz CT molecular complexity index is 866. The predicted molar refractivity (Wildman–Crippen MR) is 109 cm³/mol. The van der Waals surface area contributed by atoms with Crippen molar-refractivity contribution in [3.63, 3.8) is 0 Å². The molecule has 2 aromatic rings. The van der Waals surface area contributed by atoms with Crippen LogP contribution < -0.4 is 14.8 Å². The van der Waals surface area contributed by atoms with E-state index in [4.69, 9.17) is 21.1 Å². The molecule has 0 atom stereocenters. The van der Waals surface area contributed by atoms with Crippen molar-refractivity contribution in [1.29, 1.82) is 0 Å². The number of fused-ring (bicyclic) bond motifs is 1. The van der Waals surface area contributed by atoms with Crippen molar-refractivity contribution < 1.29 is 14.3 Å². The molecule has 0 unspecified atom stereocenters. The first-order chi connectivity index (χ1) is 13.6. The molecule has 0 bridgehead atoms. The maximum absolute atomic E-state index is 12.4. The summed E-state index contributed by atoms with van der Waals surface area (Å²) in [6, 6.07) is 11.6.